The molecule has 0 aliphatic rings. The van der Waals surface area contributed by atoms with Crippen LogP contribution in [0.2, 0.25) is 0 Å². The summed E-state index contributed by atoms with van der Waals surface area (Å²) in [6.07, 6.45) is 9.78. The molecule has 0 bridgehead atoms. The fourth-order valence-electron chi connectivity index (χ4n) is 11.8. The second-order valence-corrected chi connectivity index (χ2v) is 27.8. The number of carbonyl (C=O) groups is 8. The number of carbonyl (C=O) groups excluding carboxylic acids is 8. The number of esters is 8. The quantitative estimate of drug-likeness (QED) is 0.0149. The monoisotopic (exact) mass is 1710 g/mol. The summed E-state index contributed by atoms with van der Waals surface area (Å²) in [6.45, 7) is 10.2. The van der Waals surface area contributed by atoms with Crippen LogP contribution in [-0.4, -0.2) is 103 Å². The number of hydrogen-bond acceptors (Lipinski definition) is 22. The van der Waals surface area contributed by atoms with E-state index < -0.39 is 65.0 Å². The first-order chi connectivity index (χ1) is 57.6. The minimum atomic E-state index is -0.945. The van der Waals surface area contributed by atoms with Gasteiger partial charge in [-0.05, 0) is 274 Å². The Morgan fingerprint density at radius 3 is 0.928 bits per heavy atom. The van der Waals surface area contributed by atoms with Crippen molar-refractivity contribution >= 4 is 59.9 Å². The molecule has 0 aliphatic carbocycles. The number of benzene rings is 10. The molecule has 125 heavy (non-hydrogen) atoms. The maximum absolute atomic E-state index is 13.3. The van der Waals surface area contributed by atoms with E-state index in [-0.39, 0.29) is 82.3 Å². The normalized spacial score (nSPS) is 11.6. The Hall–Kier alpha value is -13.8. The second-order valence-electron chi connectivity index (χ2n) is 27.8. The van der Waals surface area contributed by atoms with E-state index >= 15 is 0 Å². The van der Waals surface area contributed by atoms with Gasteiger partial charge in [-0.2, -0.15) is 0 Å². The van der Waals surface area contributed by atoms with Gasteiger partial charge >= 0.3 is 47.8 Å². The molecule has 666 valence electrons. The molecule has 10 rings (SSSR count). The minimum Gasteiger partial charge on any atom is -0.497 e. The predicted molar refractivity (Wildman–Crippen MR) is 491 cm³/mol. The van der Waals surface area contributed by atoms with Crippen molar-refractivity contribution in [2.24, 2.45) is 23.2 Å². The third kappa shape index (κ3) is 34.2. The van der Waals surface area contributed by atoms with Crippen LogP contribution in [0.1, 0.15) is 162 Å². The molecule has 4 unspecified atom stereocenters. The summed E-state index contributed by atoms with van der Waals surface area (Å²) < 4.78 is 76.3. The minimum absolute atomic E-state index is 0. The average Bonchev–Trinajstić information content (AvgIpc) is 0.807. The predicted octanol–water partition coefficient (Wildman–Crippen LogP) is 23.3. The van der Waals surface area contributed by atoms with Gasteiger partial charge in [0, 0.05) is 12.2 Å². The summed E-state index contributed by atoms with van der Waals surface area (Å²) in [5, 5.41) is 0. The summed E-state index contributed by atoms with van der Waals surface area (Å²) in [5.41, 5.74) is 5.48. The van der Waals surface area contributed by atoms with Crippen molar-refractivity contribution in [3.05, 3.63) is 277 Å². The van der Waals surface area contributed by atoms with Crippen molar-refractivity contribution in [1.29, 1.82) is 0 Å². The Morgan fingerprint density at radius 1 is 0.320 bits per heavy atom. The highest BCUT2D eigenvalue weighted by atomic mass is 16.6. The zero-order chi connectivity index (χ0) is 84.9. The van der Waals surface area contributed by atoms with E-state index in [4.69, 9.17) is 66.3 Å². The molecule has 10 aromatic rings. The van der Waals surface area contributed by atoms with Gasteiger partial charge in [0.2, 0.25) is 0 Å². The Kier molecular flexibility index (Phi) is 46.0. The van der Waals surface area contributed by atoms with Crippen LogP contribution in [0, 0.1) is 23.2 Å². The molecule has 0 saturated carbocycles. The standard InChI is InChI=1S/C49H50O11.C48H48O11.6CH4/c1-6-49(3,48(53)60-44-28-26-42(27-29-44)58-45(50)30-11-35-9-18-39(54-4)19-10-35)33-34(2)46(51)57-32-8-7-31-56-41-22-16-38(17-23-41)47(52)59-43-24-14-37(15-25-43)36-12-20-40(55-5)21-13-36;1-5-35(47(51)58-44-27-25-42(26-28-44)57-45(49)29-10-34-8-17-39(53-3)18-9-34)32-33(2)46(50)56-31-7-6-30-55-41-21-15-38(16-22-41)48(52)59-43-23-13-37(14-24-43)36-11-19-40(54-4)20-12-36;;;;;;/h9-30,34H,6-8,31-33H2,1-5H3;8-29,33,35H,5-7,30-32H2,1-4H3;6*1H4/b30-11+;29-10+;;;;;;. The molecule has 22 nitrogen and oxygen atoms in total. The molecule has 10 aromatic carbocycles. The third-order valence-electron chi connectivity index (χ3n) is 19.1. The maximum Gasteiger partial charge on any atom is 0.343 e. The van der Waals surface area contributed by atoms with Gasteiger partial charge in [-0.25, -0.2) is 19.2 Å². The molecule has 4 atom stereocenters. The lowest BCUT2D eigenvalue weighted by Gasteiger charge is -2.28. The molecule has 0 spiro atoms. The Labute approximate surface area is 737 Å². The van der Waals surface area contributed by atoms with Crippen molar-refractivity contribution in [2.75, 3.05) is 54.9 Å². The first kappa shape index (κ1) is 105. The third-order valence-corrected chi connectivity index (χ3v) is 19.1. The van der Waals surface area contributed by atoms with Crippen LogP contribution >= 0.6 is 0 Å². The highest BCUT2D eigenvalue weighted by molar-refractivity contribution is 5.93. The van der Waals surface area contributed by atoms with Gasteiger partial charge in [-0.15, -0.1) is 0 Å². The van der Waals surface area contributed by atoms with Crippen LogP contribution in [0.4, 0.5) is 0 Å². The summed E-state index contributed by atoms with van der Waals surface area (Å²) in [4.78, 5) is 102. The van der Waals surface area contributed by atoms with E-state index in [9.17, 15) is 38.4 Å². The molecule has 22 heteroatoms. The van der Waals surface area contributed by atoms with E-state index in [0.29, 0.717) is 115 Å². The largest absolute Gasteiger partial charge is 0.497 e. The summed E-state index contributed by atoms with van der Waals surface area (Å²) >= 11 is 0. The van der Waals surface area contributed by atoms with E-state index in [1.807, 2.05) is 111 Å². The molecule has 0 N–H and O–H groups in total. The molecule has 0 amide bonds. The highest BCUT2D eigenvalue weighted by Crippen LogP contribution is 2.35. The zero-order valence-corrected chi connectivity index (χ0v) is 68.1. The second kappa shape index (κ2) is 54.6. The molecule has 0 radical (unpaired) electrons. The maximum atomic E-state index is 13.3. The van der Waals surface area contributed by atoms with E-state index in [2.05, 4.69) is 0 Å². The number of unbranched alkanes of at least 4 members (excludes halogenated alkanes) is 2. The van der Waals surface area contributed by atoms with Gasteiger partial charge in [0.1, 0.15) is 69.0 Å². The van der Waals surface area contributed by atoms with Gasteiger partial charge in [0.15, 0.2) is 0 Å². The van der Waals surface area contributed by atoms with E-state index in [1.165, 1.54) is 36.4 Å². The van der Waals surface area contributed by atoms with Crippen LogP contribution in [0.15, 0.2) is 255 Å². The Morgan fingerprint density at radius 2 is 0.600 bits per heavy atom. The van der Waals surface area contributed by atoms with Crippen LogP contribution < -0.4 is 56.8 Å². The van der Waals surface area contributed by atoms with E-state index in [0.717, 1.165) is 44.9 Å². The van der Waals surface area contributed by atoms with Crippen molar-refractivity contribution in [3.8, 4) is 91.2 Å². The van der Waals surface area contributed by atoms with Crippen LogP contribution in [0.5, 0.6) is 69.0 Å². The smallest absolute Gasteiger partial charge is 0.343 e. The SMILES string of the molecule is C.C.C.C.C.C.CCC(C)(CC(C)C(=O)OCCCCOc1ccc(C(=O)Oc2ccc(-c3ccc(OC)cc3)cc2)cc1)C(=O)Oc1ccc(OC(=O)/C=C/c2ccc(OC)cc2)cc1.CCC(CC(C)C(=O)OCCCCOc1ccc(C(=O)Oc2ccc(-c3ccc(OC)cc3)cc2)cc1)C(=O)Oc1ccc(OC(=O)/C=C/c2ccc(OC)cc2)cc1. The van der Waals surface area contributed by atoms with Crippen molar-refractivity contribution in [2.45, 2.75) is 131 Å². The fourth-order valence-corrected chi connectivity index (χ4v) is 11.8. The van der Waals surface area contributed by atoms with Crippen LogP contribution in [0.25, 0.3) is 34.4 Å². The number of ether oxygens (including phenoxy) is 14. The fraction of sp³-hybridized carbons (Fsp3) is 0.301. The molecular weight excluding hydrogens is 1590 g/mol. The molecule has 0 heterocycles. The van der Waals surface area contributed by atoms with E-state index in [1.54, 1.807) is 183 Å². The topological polar surface area (TPSA) is 266 Å². The van der Waals surface area contributed by atoms with Crippen LogP contribution in [-0.2, 0) is 38.2 Å². The molecule has 0 fully saturated rings. The Bertz CT molecular complexity index is 4970. The first-order valence-corrected chi connectivity index (χ1v) is 39.1. The lowest BCUT2D eigenvalue weighted by molar-refractivity contribution is -0.153. The number of rotatable bonds is 40. The highest BCUT2D eigenvalue weighted by Gasteiger charge is 2.37. The van der Waals surface area contributed by atoms with Gasteiger partial charge < -0.3 is 66.3 Å². The lowest BCUT2D eigenvalue weighted by Crippen LogP contribution is -2.35. The zero-order valence-electron chi connectivity index (χ0n) is 68.1. The van der Waals surface area contributed by atoms with Crippen molar-refractivity contribution in [1.82, 2.24) is 0 Å². The summed E-state index contributed by atoms with van der Waals surface area (Å²) in [5.74, 6) is 0.854. The van der Waals surface area contributed by atoms with Gasteiger partial charge in [-0.3, -0.25) is 19.2 Å². The van der Waals surface area contributed by atoms with Crippen LogP contribution in [0.3, 0.4) is 0 Å². The van der Waals surface area contributed by atoms with Crippen molar-refractivity contribution in [3.63, 3.8) is 0 Å². The summed E-state index contributed by atoms with van der Waals surface area (Å²) in [7, 11) is 6.41. The number of hydrogen-bond donors (Lipinski definition) is 0. The first-order valence-electron chi connectivity index (χ1n) is 39.1. The number of methoxy groups -OCH3 is 4. The van der Waals surface area contributed by atoms with Crippen molar-refractivity contribution < 1.29 is 105 Å². The molecule has 0 aromatic heterocycles. The average molecular weight is 1710 g/mol. The summed E-state index contributed by atoms with van der Waals surface area (Å²) in [6, 6.07) is 70.2. The van der Waals surface area contributed by atoms with Gasteiger partial charge in [0.25, 0.3) is 0 Å². The van der Waals surface area contributed by atoms with Gasteiger partial charge in [0.05, 0.1) is 89.2 Å². The molecule has 0 aliphatic heterocycles. The Balaban J connectivity index is 0.000000616. The lowest BCUT2D eigenvalue weighted by atomic mass is 9.79. The molecular formula is C103H122O22. The molecule has 0 saturated heterocycles. The van der Waals surface area contributed by atoms with Gasteiger partial charge in [-0.1, -0.05) is 145 Å².